The lowest BCUT2D eigenvalue weighted by Gasteiger charge is -2.21. The zero-order valence-electron chi connectivity index (χ0n) is 10.9. The lowest BCUT2D eigenvalue weighted by Crippen LogP contribution is -2.32. The highest BCUT2D eigenvalue weighted by molar-refractivity contribution is 5.92. The third-order valence-electron chi connectivity index (χ3n) is 3.60. The van der Waals surface area contributed by atoms with Crippen LogP contribution >= 0.6 is 0 Å². The Kier molecular flexibility index (Phi) is 4.18. The molecule has 0 saturated heterocycles. The van der Waals surface area contributed by atoms with Crippen LogP contribution in [0, 0.1) is 5.92 Å². The standard InChI is InChI=1S/C14H21N3O/c1-2-17(13-8-7-12(15)10-16-13)14(18)9-11-5-3-4-6-11/h7-8,10-11H,2-6,9,15H2,1H3. The molecule has 1 aliphatic rings. The lowest BCUT2D eigenvalue weighted by atomic mass is 10.0. The summed E-state index contributed by atoms with van der Waals surface area (Å²) in [4.78, 5) is 18.2. The van der Waals surface area contributed by atoms with Crippen LogP contribution in [-0.4, -0.2) is 17.4 Å². The lowest BCUT2D eigenvalue weighted by molar-refractivity contribution is -0.119. The molecule has 0 radical (unpaired) electrons. The van der Waals surface area contributed by atoms with Gasteiger partial charge >= 0.3 is 0 Å². The Morgan fingerprint density at radius 1 is 1.44 bits per heavy atom. The number of amides is 1. The number of hydrogen-bond donors (Lipinski definition) is 1. The van der Waals surface area contributed by atoms with E-state index < -0.39 is 0 Å². The molecule has 0 bridgehead atoms. The minimum Gasteiger partial charge on any atom is -0.397 e. The van der Waals surface area contributed by atoms with Crippen LogP contribution in [0.15, 0.2) is 18.3 Å². The van der Waals surface area contributed by atoms with Crippen molar-refractivity contribution in [3.05, 3.63) is 18.3 Å². The number of carbonyl (C=O) groups is 1. The van der Waals surface area contributed by atoms with E-state index >= 15 is 0 Å². The van der Waals surface area contributed by atoms with Crippen molar-refractivity contribution in [1.82, 2.24) is 4.98 Å². The Bertz CT molecular complexity index is 396. The molecule has 1 aromatic heterocycles. The first-order chi connectivity index (χ1) is 8.70. The van der Waals surface area contributed by atoms with Gasteiger partial charge in [-0.3, -0.25) is 9.69 Å². The highest BCUT2D eigenvalue weighted by Gasteiger charge is 2.22. The summed E-state index contributed by atoms with van der Waals surface area (Å²) in [7, 11) is 0. The van der Waals surface area contributed by atoms with E-state index in [1.165, 1.54) is 25.7 Å². The van der Waals surface area contributed by atoms with Crippen molar-refractivity contribution < 1.29 is 4.79 Å². The van der Waals surface area contributed by atoms with E-state index in [1.54, 1.807) is 17.2 Å². The molecule has 1 heterocycles. The second-order valence-electron chi connectivity index (χ2n) is 4.94. The number of nitrogen functional groups attached to an aromatic ring is 1. The predicted molar refractivity (Wildman–Crippen MR) is 73.3 cm³/mol. The maximum Gasteiger partial charge on any atom is 0.228 e. The summed E-state index contributed by atoms with van der Waals surface area (Å²) in [6.07, 6.45) is 7.17. The Hall–Kier alpha value is -1.58. The number of rotatable bonds is 4. The van der Waals surface area contributed by atoms with Crippen LogP contribution in [0.2, 0.25) is 0 Å². The minimum atomic E-state index is 0.182. The van der Waals surface area contributed by atoms with E-state index in [2.05, 4.69) is 4.98 Å². The molecule has 0 atom stereocenters. The molecular weight excluding hydrogens is 226 g/mol. The van der Waals surface area contributed by atoms with Crippen molar-refractivity contribution in [2.24, 2.45) is 5.92 Å². The smallest absolute Gasteiger partial charge is 0.228 e. The summed E-state index contributed by atoms with van der Waals surface area (Å²) in [5.74, 6) is 1.46. The molecule has 98 valence electrons. The Morgan fingerprint density at radius 2 is 2.17 bits per heavy atom. The van der Waals surface area contributed by atoms with Crippen molar-refractivity contribution in [1.29, 1.82) is 0 Å². The maximum atomic E-state index is 12.3. The van der Waals surface area contributed by atoms with Crippen molar-refractivity contribution in [2.75, 3.05) is 17.2 Å². The summed E-state index contributed by atoms with van der Waals surface area (Å²) in [6.45, 7) is 2.63. The highest BCUT2D eigenvalue weighted by Crippen LogP contribution is 2.28. The number of carbonyl (C=O) groups excluding carboxylic acids is 1. The van der Waals surface area contributed by atoms with Gasteiger partial charge in [-0.25, -0.2) is 4.98 Å². The zero-order chi connectivity index (χ0) is 13.0. The number of nitrogens with two attached hydrogens (primary N) is 1. The molecule has 0 aromatic carbocycles. The summed E-state index contributed by atoms with van der Waals surface area (Å²) in [5, 5.41) is 0. The molecule has 1 fully saturated rings. The first kappa shape index (κ1) is 12.9. The molecule has 1 saturated carbocycles. The third-order valence-corrected chi connectivity index (χ3v) is 3.60. The maximum absolute atomic E-state index is 12.3. The number of nitrogens with zero attached hydrogens (tertiary/aromatic N) is 2. The van der Waals surface area contributed by atoms with Crippen molar-refractivity contribution >= 4 is 17.4 Å². The number of pyridine rings is 1. The number of aromatic nitrogens is 1. The van der Waals surface area contributed by atoms with Crippen LogP contribution < -0.4 is 10.6 Å². The van der Waals surface area contributed by atoms with Crippen molar-refractivity contribution in [3.63, 3.8) is 0 Å². The SMILES string of the molecule is CCN(C(=O)CC1CCCC1)c1ccc(N)cn1. The Labute approximate surface area is 108 Å². The summed E-state index contributed by atoms with van der Waals surface area (Å²) >= 11 is 0. The van der Waals surface area contributed by atoms with E-state index in [9.17, 15) is 4.79 Å². The van der Waals surface area contributed by atoms with Gasteiger partial charge < -0.3 is 5.73 Å². The van der Waals surface area contributed by atoms with E-state index in [-0.39, 0.29) is 5.91 Å². The second-order valence-corrected chi connectivity index (χ2v) is 4.94. The van der Waals surface area contributed by atoms with Crippen molar-refractivity contribution in [2.45, 2.75) is 39.0 Å². The largest absolute Gasteiger partial charge is 0.397 e. The molecule has 0 unspecified atom stereocenters. The summed E-state index contributed by atoms with van der Waals surface area (Å²) < 4.78 is 0. The van der Waals surface area contributed by atoms with Gasteiger partial charge in [0.2, 0.25) is 5.91 Å². The molecule has 2 rings (SSSR count). The Morgan fingerprint density at radius 3 is 2.72 bits per heavy atom. The number of hydrogen-bond acceptors (Lipinski definition) is 3. The van der Waals surface area contributed by atoms with Crippen LogP contribution in [0.3, 0.4) is 0 Å². The first-order valence-electron chi connectivity index (χ1n) is 6.72. The van der Waals surface area contributed by atoms with Gasteiger partial charge in [0.15, 0.2) is 0 Å². The van der Waals surface area contributed by atoms with Crippen LogP contribution in [-0.2, 0) is 4.79 Å². The van der Waals surface area contributed by atoms with Gasteiger partial charge in [-0.2, -0.15) is 0 Å². The van der Waals surface area contributed by atoms with E-state index in [1.807, 2.05) is 13.0 Å². The predicted octanol–water partition coefficient (Wildman–Crippen LogP) is 2.60. The van der Waals surface area contributed by atoms with Crippen molar-refractivity contribution in [3.8, 4) is 0 Å². The van der Waals surface area contributed by atoms with Gasteiger partial charge in [-0.15, -0.1) is 0 Å². The highest BCUT2D eigenvalue weighted by atomic mass is 16.2. The minimum absolute atomic E-state index is 0.182. The van der Waals surface area contributed by atoms with Gasteiger partial charge in [-0.05, 0) is 37.8 Å². The molecule has 1 aliphatic carbocycles. The fourth-order valence-electron chi connectivity index (χ4n) is 2.59. The van der Waals surface area contributed by atoms with Crippen LogP contribution in [0.4, 0.5) is 11.5 Å². The fraction of sp³-hybridized carbons (Fsp3) is 0.571. The van der Waals surface area contributed by atoms with Gasteiger partial charge in [0.05, 0.1) is 11.9 Å². The summed E-state index contributed by atoms with van der Waals surface area (Å²) in [6, 6.07) is 3.60. The first-order valence-corrected chi connectivity index (χ1v) is 6.72. The average molecular weight is 247 g/mol. The molecule has 0 spiro atoms. The fourth-order valence-corrected chi connectivity index (χ4v) is 2.59. The molecule has 1 aromatic rings. The number of anilines is 2. The molecule has 0 aliphatic heterocycles. The molecular formula is C14H21N3O. The topological polar surface area (TPSA) is 59.2 Å². The van der Waals surface area contributed by atoms with E-state index in [4.69, 9.17) is 5.73 Å². The Balaban J connectivity index is 2.02. The molecule has 18 heavy (non-hydrogen) atoms. The van der Waals surface area contributed by atoms with Gasteiger partial charge in [0, 0.05) is 13.0 Å². The molecule has 1 amide bonds. The normalized spacial score (nSPS) is 15.8. The van der Waals surface area contributed by atoms with Crippen LogP contribution in [0.25, 0.3) is 0 Å². The van der Waals surface area contributed by atoms with Gasteiger partial charge in [0.25, 0.3) is 0 Å². The molecule has 2 N–H and O–H groups in total. The second kappa shape index (κ2) is 5.85. The molecule has 4 heteroatoms. The third kappa shape index (κ3) is 3.00. The van der Waals surface area contributed by atoms with Gasteiger partial charge in [-0.1, -0.05) is 12.8 Å². The monoisotopic (exact) mass is 247 g/mol. The van der Waals surface area contributed by atoms with E-state index in [0.717, 1.165) is 0 Å². The van der Waals surface area contributed by atoms with Crippen LogP contribution in [0.5, 0.6) is 0 Å². The molecule has 4 nitrogen and oxygen atoms in total. The quantitative estimate of drug-likeness (QED) is 0.889. The van der Waals surface area contributed by atoms with Crippen LogP contribution in [0.1, 0.15) is 39.0 Å². The zero-order valence-corrected chi connectivity index (χ0v) is 10.9. The van der Waals surface area contributed by atoms with E-state index in [0.29, 0.717) is 30.4 Å². The van der Waals surface area contributed by atoms with Gasteiger partial charge in [0.1, 0.15) is 5.82 Å². The average Bonchev–Trinajstić information content (AvgIpc) is 2.85. The summed E-state index contributed by atoms with van der Waals surface area (Å²) in [5.41, 5.74) is 6.23.